The molecule has 0 spiro atoms. The van der Waals surface area contributed by atoms with Gasteiger partial charge in [-0.25, -0.2) is 4.68 Å². The molecule has 2 aromatic heterocycles. The maximum Gasteiger partial charge on any atom is 0.241 e. The Hall–Kier alpha value is -3.23. The highest BCUT2D eigenvalue weighted by molar-refractivity contribution is 5.82. The summed E-state index contributed by atoms with van der Waals surface area (Å²) in [6.07, 6.45) is 3.75. The number of rotatable bonds is 3. The molecule has 2 N–H and O–H groups in total. The summed E-state index contributed by atoms with van der Waals surface area (Å²) in [5.74, 6) is 0.922. The molecule has 1 fully saturated rings. The van der Waals surface area contributed by atoms with E-state index in [-0.39, 0.29) is 11.4 Å². The molecular formula is C20H26N8O. The second-order valence-electron chi connectivity index (χ2n) is 7.70. The lowest BCUT2D eigenvalue weighted by Crippen LogP contribution is -2.48. The lowest BCUT2D eigenvalue weighted by Gasteiger charge is -2.35. The van der Waals surface area contributed by atoms with Gasteiger partial charge in [-0.1, -0.05) is 0 Å². The van der Waals surface area contributed by atoms with Crippen molar-refractivity contribution in [3.05, 3.63) is 40.1 Å². The Balaban J connectivity index is 1.63. The number of aromatic nitrogens is 3. The van der Waals surface area contributed by atoms with Crippen LogP contribution in [0.5, 0.6) is 0 Å². The summed E-state index contributed by atoms with van der Waals surface area (Å²) in [5.41, 5.74) is 5.22. The zero-order valence-electron chi connectivity index (χ0n) is 17.1. The second kappa shape index (κ2) is 7.31. The number of hydrogen-bond acceptors (Lipinski definition) is 7. The molecule has 0 aromatic carbocycles. The SMILES string of the molecule is Cc1c(N2CCc3ncc(N4CCN(C)C(=O)C4)cc3C2)nn(C=N)c(=N)c1C. The van der Waals surface area contributed by atoms with Crippen LogP contribution < -0.4 is 15.3 Å². The molecule has 2 aliphatic heterocycles. The molecule has 152 valence electrons. The van der Waals surface area contributed by atoms with Crippen LogP contribution in [0.3, 0.4) is 0 Å². The average molecular weight is 394 g/mol. The molecular weight excluding hydrogens is 368 g/mol. The highest BCUT2D eigenvalue weighted by atomic mass is 16.2. The summed E-state index contributed by atoms with van der Waals surface area (Å²) >= 11 is 0. The molecule has 4 heterocycles. The predicted molar refractivity (Wildman–Crippen MR) is 111 cm³/mol. The van der Waals surface area contributed by atoms with E-state index in [4.69, 9.17) is 10.8 Å². The van der Waals surface area contributed by atoms with Gasteiger partial charge >= 0.3 is 0 Å². The van der Waals surface area contributed by atoms with Gasteiger partial charge in [-0.05, 0) is 31.0 Å². The maximum absolute atomic E-state index is 12.1. The number of fused-ring (bicyclic) bond motifs is 1. The van der Waals surface area contributed by atoms with E-state index < -0.39 is 0 Å². The number of carbonyl (C=O) groups excluding carboxylic acids is 1. The molecule has 0 aliphatic carbocycles. The Morgan fingerprint density at radius 2 is 1.90 bits per heavy atom. The van der Waals surface area contributed by atoms with Gasteiger partial charge in [0.15, 0.2) is 11.3 Å². The Kier molecular flexibility index (Phi) is 4.81. The van der Waals surface area contributed by atoms with Crippen LogP contribution >= 0.6 is 0 Å². The van der Waals surface area contributed by atoms with Crippen molar-refractivity contribution in [1.82, 2.24) is 19.7 Å². The van der Waals surface area contributed by atoms with Gasteiger partial charge in [-0.3, -0.25) is 20.6 Å². The maximum atomic E-state index is 12.1. The van der Waals surface area contributed by atoms with Gasteiger partial charge in [-0.15, -0.1) is 5.10 Å². The van der Waals surface area contributed by atoms with E-state index in [9.17, 15) is 4.79 Å². The number of hydrogen-bond donors (Lipinski definition) is 2. The quantitative estimate of drug-likeness (QED) is 0.588. The van der Waals surface area contributed by atoms with Crippen molar-refractivity contribution in [3.8, 4) is 0 Å². The molecule has 0 bridgehead atoms. The van der Waals surface area contributed by atoms with Gasteiger partial charge < -0.3 is 14.7 Å². The first-order valence-corrected chi connectivity index (χ1v) is 9.76. The fraction of sp³-hybridized carbons (Fsp3) is 0.450. The van der Waals surface area contributed by atoms with Crippen LogP contribution in [0, 0.1) is 24.7 Å². The second-order valence-corrected chi connectivity index (χ2v) is 7.70. The molecule has 2 aliphatic rings. The van der Waals surface area contributed by atoms with E-state index in [0.29, 0.717) is 19.6 Å². The molecule has 2 aromatic rings. The highest BCUT2D eigenvalue weighted by Gasteiger charge is 2.25. The third kappa shape index (κ3) is 3.37. The third-order valence-electron chi connectivity index (χ3n) is 5.95. The first kappa shape index (κ1) is 19.1. The van der Waals surface area contributed by atoms with Gasteiger partial charge in [0.05, 0.1) is 18.4 Å². The zero-order valence-corrected chi connectivity index (χ0v) is 17.1. The predicted octanol–water partition coefficient (Wildman–Crippen LogP) is 0.671. The van der Waals surface area contributed by atoms with Gasteiger partial charge in [0.1, 0.15) is 6.34 Å². The molecule has 0 saturated carbocycles. The number of likely N-dealkylation sites (N-methyl/N-ethyl adjacent to an activating group) is 1. The Labute approximate surface area is 169 Å². The summed E-state index contributed by atoms with van der Waals surface area (Å²) < 4.78 is 1.30. The molecule has 0 radical (unpaired) electrons. The molecule has 9 nitrogen and oxygen atoms in total. The number of nitrogens with zero attached hydrogens (tertiary/aromatic N) is 6. The summed E-state index contributed by atoms with van der Waals surface area (Å²) in [6.45, 7) is 7.22. The number of pyridine rings is 1. The van der Waals surface area contributed by atoms with Crippen LogP contribution in [-0.4, -0.2) is 65.1 Å². The van der Waals surface area contributed by atoms with Gasteiger partial charge in [0, 0.05) is 50.9 Å². The van der Waals surface area contributed by atoms with Gasteiger partial charge in [-0.2, -0.15) is 0 Å². The smallest absolute Gasteiger partial charge is 0.241 e. The summed E-state index contributed by atoms with van der Waals surface area (Å²) in [4.78, 5) is 22.8. The van der Waals surface area contributed by atoms with Gasteiger partial charge in [0.2, 0.25) is 5.91 Å². The lowest BCUT2D eigenvalue weighted by molar-refractivity contribution is -0.129. The first-order valence-electron chi connectivity index (χ1n) is 9.76. The van der Waals surface area contributed by atoms with E-state index in [1.807, 2.05) is 27.1 Å². The molecule has 9 heteroatoms. The van der Waals surface area contributed by atoms with Crippen molar-refractivity contribution in [2.75, 3.05) is 43.0 Å². The summed E-state index contributed by atoms with van der Waals surface area (Å²) in [6, 6.07) is 2.14. The van der Waals surface area contributed by atoms with Crippen LogP contribution in [0.15, 0.2) is 12.3 Å². The molecule has 29 heavy (non-hydrogen) atoms. The third-order valence-corrected chi connectivity index (χ3v) is 5.95. The van der Waals surface area contributed by atoms with Crippen molar-refractivity contribution in [3.63, 3.8) is 0 Å². The minimum atomic E-state index is 0.123. The van der Waals surface area contributed by atoms with E-state index >= 15 is 0 Å². The monoisotopic (exact) mass is 394 g/mol. The fourth-order valence-electron chi connectivity index (χ4n) is 3.88. The van der Waals surface area contributed by atoms with E-state index in [0.717, 1.165) is 59.7 Å². The molecule has 0 unspecified atom stereocenters. The number of nitrogens with one attached hydrogen (secondary N) is 2. The van der Waals surface area contributed by atoms with Crippen molar-refractivity contribution in [2.24, 2.45) is 0 Å². The van der Waals surface area contributed by atoms with Crippen LogP contribution in [0.2, 0.25) is 0 Å². The minimum Gasteiger partial charge on any atom is -0.359 e. The Bertz CT molecular complexity index is 1040. The summed E-state index contributed by atoms with van der Waals surface area (Å²) in [5, 5.41) is 20.2. The van der Waals surface area contributed by atoms with Gasteiger partial charge in [0.25, 0.3) is 0 Å². The Morgan fingerprint density at radius 3 is 2.62 bits per heavy atom. The highest BCUT2D eigenvalue weighted by Crippen LogP contribution is 2.27. The largest absolute Gasteiger partial charge is 0.359 e. The molecule has 4 rings (SSSR count). The zero-order chi connectivity index (χ0) is 20.7. The van der Waals surface area contributed by atoms with Crippen molar-refractivity contribution in [1.29, 1.82) is 10.8 Å². The van der Waals surface area contributed by atoms with Crippen LogP contribution in [-0.2, 0) is 17.8 Å². The first-order chi connectivity index (χ1) is 13.9. The van der Waals surface area contributed by atoms with Crippen LogP contribution in [0.4, 0.5) is 11.5 Å². The van der Waals surface area contributed by atoms with Crippen LogP contribution in [0.25, 0.3) is 0 Å². The van der Waals surface area contributed by atoms with Crippen LogP contribution in [0.1, 0.15) is 22.4 Å². The number of anilines is 2. The molecule has 1 amide bonds. The van der Waals surface area contributed by atoms with E-state index in [1.54, 1.807) is 4.90 Å². The fourth-order valence-corrected chi connectivity index (χ4v) is 3.88. The molecule has 0 atom stereocenters. The van der Waals surface area contributed by atoms with E-state index in [1.165, 1.54) is 4.68 Å². The standard InChI is InChI=1S/C20H26N8O/c1-13-14(2)20(24-28(12-21)19(13)22)27-5-4-17-15(10-27)8-16(9-23-17)26-7-6-25(3)18(29)11-26/h8-9,12,21-22H,4-7,10-11H2,1-3H3. The minimum absolute atomic E-state index is 0.123. The Morgan fingerprint density at radius 1 is 1.10 bits per heavy atom. The average Bonchev–Trinajstić information content (AvgIpc) is 2.73. The summed E-state index contributed by atoms with van der Waals surface area (Å²) in [7, 11) is 1.84. The molecule has 1 saturated heterocycles. The normalized spacial score (nSPS) is 16.8. The number of carbonyl (C=O) groups is 1. The number of amides is 1. The van der Waals surface area contributed by atoms with Crippen molar-refractivity contribution < 1.29 is 4.79 Å². The topological polar surface area (TPSA) is 105 Å². The van der Waals surface area contributed by atoms with E-state index in [2.05, 4.69) is 25.9 Å². The lowest BCUT2D eigenvalue weighted by atomic mass is 10.0. The van der Waals surface area contributed by atoms with Crippen molar-refractivity contribution >= 4 is 23.8 Å². The number of piperazine rings is 1. The van der Waals surface area contributed by atoms with Crippen molar-refractivity contribution in [2.45, 2.75) is 26.8 Å².